The third-order valence-corrected chi connectivity index (χ3v) is 2.91. The van der Waals surface area contributed by atoms with Crippen LogP contribution in [0.2, 0.25) is 0 Å². The van der Waals surface area contributed by atoms with Crippen molar-refractivity contribution >= 4 is 11.9 Å². The molecule has 1 aliphatic heterocycles. The molecule has 1 aliphatic rings. The maximum absolute atomic E-state index is 12.0. The SMILES string of the molecule is C#CCC(NC(=O)c1ccc2c(c1)COC2)C(=O)O. The molecule has 0 saturated carbocycles. The summed E-state index contributed by atoms with van der Waals surface area (Å²) in [5.74, 6) is 0.642. The molecule has 0 radical (unpaired) electrons. The normalized spacial score (nSPS) is 14.3. The van der Waals surface area contributed by atoms with E-state index >= 15 is 0 Å². The first kappa shape index (κ1) is 13.1. The van der Waals surface area contributed by atoms with Crippen LogP contribution in [0.1, 0.15) is 27.9 Å². The minimum Gasteiger partial charge on any atom is -0.480 e. The second-order valence-corrected chi connectivity index (χ2v) is 4.25. The Morgan fingerprint density at radius 2 is 2.16 bits per heavy atom. The van der Waals surface area contributed by atoms with Crippen LogP contribution >= 0.6 is 0 Å². The summed E-state index contributed by atoms with van der Waals surface area (Å²) in [5.41, 5.74) is 2.42. The second kappa shape index (κ2) is 5.55. The minimum absolute atomic E-state index is 0.0465. The molecule has 0 aromatic heterocycles. The third kappa shape index (κ3) is 2.92. The number of carbonyl (C=O) groups is 2. The highest BCUT2D eigenvalue weighted by Gasteiger charge is 2.20. The van der Waals surface area contributed by atoms with Crippen LogP contribution in [0.15, 0.2) is 18.2 Å². The number of terminal acetylenes is 1. The lowest BCUT2D eigenvalue weighted by atomic mass is 10.1. The van der Waals surface area contributed by atoms with E-state index < -0.39 is 17.9 Å². The Bertz CT molecular complexity index is 559. The van der Waals surface area contributed by atoms with E-state index in [0.29, 0.717) is 18.8 Å². The van der Waals surface area contributed by atoms with Gasteiger partial charge in [0, 0.05) is 12.0 Å². The van der Waals surface area contributed by atoms with Crippen molar-refractivity contribution in [1.82, 2.24) is 5.32 Å². The molecule has 2 N–H and O–H groups in total. The van der Waals surface area contributed by atoms with Gasteiger partial charge in [0.15, 0.2) is 0 Å². The minimum atomic E-state index is -1.14. The Hall–Kier alpha value is -2.32. The monoisotopic (exact) mass is 259 g/mol. The summed E-state index contributed by atoms with van der Waals surface area (Å²) in [4.78, 5) is 22.9. The van der Waals surface area contributed by atoms with Gasteiger partial charge in [-0.3, -0.25) is 4.79 Å². The number of carboxylic acid groups (broad SMARTS) is 1. The zero-order chi connectivity index (χ0) is 13.8. The van der Waals surface area contributed by atoms with Gasteiger partial charge in [-0.25, -0.2) is 4.79 Å². The molecule has 1 heterocycles. The molecule has 1 aromatic rings. The number of hydrogen-bond acceptors (Lipinski definition) is 3. The molecule has 1 aromatic carbocycles. The van der Waals surface area contributed by atoms with Gasteiger partial charge in [0.25, 0.3) is 5.91 Å². The molecule has 0 spiro atoms. The zero-order valence-corrected chi connectivity index (χ0v) is 10.2. The highest BCUT2D eigenvalue weighted by molar-refractivity contribution is 5.96. The molecule has 1 unspecified atom stereocenters. The van der Waals surface area contributed by atoms with E-state index in [1.54, 1.807) is 12.1 Å². The van der Waals surface area contributed by atoms with Crippen molar-refractivity contribution in [2.75, 3.05) is 0 Å². The van der Waals surface area contributed by atoms with Gasteiger partial charge in [0.1, 0.15) is 6.04 Å². The van der Waals surface area contributed by atoms with Gasteiger partial charge < -0.3 is 15.2 Å². The number of benzene rings is 1. The maximum Gasteiger partial charge on any atom is 0.327 e. The summed E-state index contributed by atoms with van der Waals surface area (Å²) >= 11 is 0. The number of hydrogen-bond donors (Lipinski definition) is 2. The Morgan fingerprint density at radius 3 is 2.84 bits per heavy atom. The van der Waals surface area contributed by atoms with Crippen LogP contribution in [0, 0.1) is 12.3 Å². The Kier molecular flexibility index (Phi) is 3.83. The number of ether oxygens (including phenoxy) is 1. The van der Waals surface area contributed by atoms with Gasteiger partial charge in [-0.05, 0) is 23.3 Å². The molecule has 5 nitrogen and oxygen atoms in total. The van der Waals surface area contributed by atoms with E-state index in [9.17, 15) is 9.59 Å². The van der Waals surface area contributed by atoms with Gasteiger partial charge in [-0.1, -0.05) is 6.07 Å². The highest BCUT2D eigenvalue weighted by Crippen LogP contribution is 2.20. The fraction of sp³-hybridized carbons (Fsp3) is 0.286. The highest BCUT2D eigenvalue weighted by atomic mass is 16.5. The van der Waals surface area contributed by atoms with Crippen LogP contribution in [-0.2, 0) is 22.7 Å². The molecule has 0 fully saturated rings. The molecule has 19 heavy (non-hydrogen) atoms. The number of fused-ring (bicyclic) bond motifs is 1. The Morgan fingerprint density at radius 1 is 1.42 bits per heavy atom. The number of carboxylic acids is 1. The van der Waals surface area contributed by atoms with Crippen molar-refractivity contribution in [1.29, 1.82) is 0 Å². The van der Waals surface area contributed by atoms with E-state index in [1.807, 2.05) is 6.07 Å². The van der Waals surface area contributed by atoms with Crippen LogP contribution in [0.3, 0.4) is 0 Å². The quantitative estimate of drug-likeness (QED) is 0.788. The van der Waals surface area contributed by atoms with Gasteiger partial charge in [0.05, 0.1) is 13.2 Å². The predicted octanol–water partition coefficient (Wildman–Crippen LogP) is 0.923. The van der Waals surface area contributed by atoms with Crippen molar-refractivity contribution in [3.8, 4) is 12.3 Å². The molecule has 0 saturated heterocycles. The Labute approximate surface area is 110 Å². The van der Waals surface area contributed by atoms with Crippen molar-refractivity contribution in [2.45, 2.75) is 25.7 Å². The fourth-order valence-corrected chi connectivity index (χ4v) is 1.87. The topological polar surface area (TPSA) is 75.6 Å². The molecular weight excluding hydrogens is 246 g/mol. The predicted molar refractivity (Wildman–Crippen MR) is 67.3 cm³/mol. The average Bonchev–Trinajstić information content (AvgIpc) is 2.85. The fourth-order valence-electron chi connectivity index (χ4n) is 1.87. The molecule has 98 valence electrons. The van der Waals surface area contributed by atoms with E-state index in [0.717, 1.165) is 11.1 Å². The van der Waals surface area contributed by atoms with Gasteiger partial charge in [-0.15, -0.1) is 12.3 Å². The molecule has 0 bridgehead atoms. The summed E-state index contributed by atoms with van der Waals surface area (Å²) in [6.07, 6.45) is 5.03. The largest absolute Gasteiger partial charge is 0.480 e. The lowest BCUT2D eigenvalue weighted by Gasteiger charge is -2.12. The standard InChI is InChI=1S/C14H13NO4/c1-2-3-12(14(17)18)15-13(16)9-4-5-10-7-19-8-11(10)6-9/h1,4-6,12H,3,7-8H2,(H,15,16)(H,17,18). The third-order valence-electron chi connectivity index (χ3n) is 2.91. The summed E-state index contributed by atoms with van der Waals surface area (Å²) in [6, 6.07) is 4.11. The molecule has 0 aliphatic carbocycles. The summed E-state index contributed by atoms with van der Waals surface area (Å²) < 4.78 is 5.26. The number of rotatable bonds is 4. The van der Waals surface area contributed by atoms with Crippen molar-refractivity contribution < 1.29 is 19.4 Å². The van der Waals surface area contributed by atoms with E-state index in [2.05, 4.69) is 11.2 Å². The average molecular weight is 259 g/mol. The van der Waals surface area contributed by atoms with Crippen molar-refractivity contribution in [3.63, 3.8) is 0 Å². The number of carbonyl (C=O) groups excluding carboxylic acids is 1. The molecule has 5 heteroatoms. The smallest absolute Gasteiger partial charge is 0.327 e. The maximum atomic E-state index is 12.0. The van der Waals surface area contributed by atoms with Gasteiger partial charge in [0.2, 0.25) is 0 Å². The van der Waals surface area contributed by atoms with Gasteiger partial charge >= 0.3 is 5.97 Å². The van der Waals surface area contributed by atoms with Crippen molar-refractivity contribution in [2.24, 2.45) is 0 Å². The van der Waals surface area contributed by atoms with Gasteiger partial charge in [-0.2, -0.15) is 0 Å². The molecule has 2 rings (SSSR count). The summed E-state index contributed by atoms with van der Waals surface area (Å²) in [5, 5.41) is 11.3. The second-order valence-electron chi connectivity index (χ2n) is 4.25. The first-order chi connectivity index (χ1) is 9.11. The first-order valence-electron chi connectivity index (χ1n) is 5.78. The number of aliphatic carboxylic acids is 1. The lowest BCUT2D eigenvalue weighted by molar-refractivity contribution is -0.139. The molecule has 1 atom stereocenters. The summed E-state index contributed by atoms with van der Waals surface area (Å²) in [7, 11) is 0. The lowest BCUT2D eigenvalue weighted by Crippen LogP contribution is -2.40. The van der Waals surface area contributed by atoms with Crippen LogP contribution in [0.4, 0.5) is 0 Å². The molecular formula is C14H13NO4. The first-order valence-corrected chi connectivity index (χ1v) is 5.78. The van der Waals surface area contributed by atoms with E-state index in [-0.39, 0.29) is 6.42 Å². The van der Waals surface area contributed by atoms with Crippen LogP contribution in [0.5, 0.6) is 0 Å². The summed E-state index contributed by atoms with van der Waals surface area (Å²) in [6.45, 7) is 1.02. The van der Waals surface area contributed by atoms with Crippen molar-refractivity contribution in [3.05, 3.63) is 34.9 Å². The number of nitrogens with one attached hydrogen (secondary N) is 1. The van der Waals surface area contributed by atoms with Crippen LogP contribution < -0.4 is 5.32 Å². The van der Waals surface area contributed by atoms with E-state index in [4.69, 9.17) is 16.3 Å². The molecule has 1 amide bonds. The Balaban J connectivity index is 2.11. The van der Waals surface area contributed by atoms with E-state index in [1.165, 1.54) is 0 Å². The zero-order valence-electron chi connectivity index (χ0n) is 10.2. The van der Waals surface area contributed by atoms with Crippen LogP contribution in [0.25, 0.3) is 0 Å². The van der Waals surface area contributed by atoms with Crippen LogP contribution in [-0.4, -0.2) is 23.0 Å². The number of amides is 1.